The van der Waals surface area contributed by atoms with Gasteiger partial charge in [-0.05, 0) is 49.3 Å². The molecular weight excluding hydrogens is 426 g/mol. The number of aliphatic hydroxyl groups excluding tert-OH is 1. The van der Waals surface area contributed by atoms with Crippen LogP contribution >= 0.6 is 11.6 Å². The van der Waals surface area contributed by atoms with E-state index in [-0.39, 0.29) is 29.3 Å². The highest BCUT2D eigenvalue weighted by molar-refractivity contribution is 6.30. The number of halogens is 1. The first kappa shape index (κ1) is 22.4. The summed E-state index contributed by atoms with van der Waals surface area (Å²) >= 11 is 6.00. The van der Waals surface area contributed by atoms with Gasteiger partial charge in [-0.3, -0.25) is 4.79 Å². The van der Waals surface area contributed by atoms with E-state index >= 15 is 0 Å². The Kier molecular flexibility index (Phi) is 5.68. The van der Waals surface area contributed by atoms with Gasteiger partial charge in [0.1, 0.15) is 6.10 Å². The summed E-state index contributed by atoms with van der Waals surface area (Å²) in [7, 11) is 0. The van der Waals surface area contributed by atoms with Gasteiger partial charge in [0, 0.05) is 42.4 Å². The van der Waals surface area contributed by atoms with Gasteiger partial charge in [0.25, 0.3) is 0 Å². The molecule has 2 aliphatic heterocycles. The van der Waals surface area contributed by atoms with Crippen LogP contribution in [0.5, 0.6) is 0 Å². The van der Waals surface area contributed by atoms with Gasteiger partial charge in [-0.15, -0.1) is 0 Å². The highest BCUT2D eigenvalue weighted by Gasteiger charge is 2.59. The van der Waals surface area contributed by atoms with Gasteiger partial charge < -0.3 is 19.8 Å². The molecule has 0 bridgehead atoms. The van der Waals surface area contributed by atoms with Crippen molar-refractivity contribution in [2.75, 3.05) is 19.6 Å². The molecule has 0 amide bonds. The Bertz CT molecular complexity index is 907. The van der Waals surface area contributed by atoms with E-state index in [1.807, 2.05) is 24.3 Å². The Balaban J connectivity index is 1.29. The second kappa shape index (κ2) is 8.12. The number of carbonyl (C=O) groups is 1. The SMILES string of the molecule is C[C@@H]1CCC=C2C[C@H]3OC(=O)[C@H](CN4CCC(O)(c5ccc(Cl)cc5)CC4)[C@H]3[C@@H](O)[C@@]21C. The van der Waals surface area contributed by atoms with Crippen molar-refractivity contribution >= 4 is 17.6 Å². The summed E-state index contributed by atoms with van der Waals surface area (Å²) in [5.74, 6) is -0.265. The summed E-state index contributed by atoms with van der Waals surface area (Å²) < 4.78 is 5.81. The molecule has 1 aromatic carbocycles. The molecule has 0 unspecified atom stereocenters. The number of fused-ring (bicyclic) bond motifs is 2. The van der Waals surface area contributed by atoms with Gasteiger partial charge >= 0.3 is 5.97 Å². The molecule has 2 aliphatic carbocycles. The zero-order chi connectivity index (χ0) is 22.7. The van der Waals surface area contributed by atoms with E-state index in [1.54, 1.807) is 0 Å². The van der Waals surface area contributed by atoms with Crippen LogP contribution < -0.4 is 0 Å². The van der Waals surface area contributed by atoms with E-state index in [0.29, 0.717) is 43.4 Å². The molecule has 6 heteroatoms. The summed E-state index contributed by atoms with van der Waals surface area (Å²) in [5.41, 5.74) is 1.02. The molecule has 6 atom stereocenters. The third kappa shape index (κ3) is 3.53. The molecule has 2 heterocycles. The lowest BCUT2D eigenvalue weighted by Crippen LogP contribution is -2.55. The minimum atomic E-state index is -0.866. The van der Waals surface area contributed by atoms with Crippen molar-refractivity contribution in [3.63, 3.8) is 0 Å². The second-order valence-electron chi connectivity index (χ2n) is 10.6. The molecule has 4 aliphatic rings. The number of nitrogens with zero attached hydrogens (tertiary/aromatic N) is 1. The molecule has 5 rings (SSSR count). The van der Waals surface area contributed by atoms with E-state index in [9.17, 15) is 15.0 Å². The molecule has 2 N–H and O–H groups in total. The number of aliphatic hydroxyl groups is 2. The highest BCUT2D eigenvalue weighted by atomic mass is 35.5. The van der Waals surface area contributed by atoms with Gasteiger partial charge in [0.05, 0.1) is 17.6 Å². The van der Waals surface area contributed by atoms with E-state index in [1.165, 1.54) is 5.57 Å². The van der Waals surface area contributed by atoms with Crippen LogP contribution in [0.3, 0.4) is 0 Å². The molecule has 2 saturated heterocycles. The molecule has 0 aromatic heterocycles. The lowest BCUT2D eigenvalue weighted by atomic mass is 9.55. The fourth-order valence-electron chi connectivity index (χ4n) is 6.71. The van der Waals surface area contributed by atoms with E-state index < -0.39 is 11.7 Å². The average Bonchev–Trinajstić information content (AvgIpc) is 3.07. The summed E-state index contributed by atoms with van der Waals surface area (Å²) in [6.07, 6.45) is 5.55. The van der Waals surface area contributed by atoms with Crippen molar-refractivity contribution in [3.8, 4) is 0 Å². The molecule has 3 fully saturated rings. The van der Waals surface area contributed by atoms with Crippen LogP contribution in [0.1, 0.15) is 51.5 Å². The van der Waals surface area contributed by atoms with Gasteiger partial charge in [-0.25, -0.2) is 0 Å². The van der Waals surface area contributed by atoms with Crippen molar-refractivity contribution in [2.24, 2.45) is 23.2 Å². The van der Waals surface area contributed by atoms with Gasteiger partial charge in [-0.1, -0.05) is 49.2 Å². The number of carbonyl (C=O) groups excluding carboxylic acids is 1. The minimum absolute atomic E-state index is 0.165. The van der Waals surface area contributed by atoms with Crippen molar-refractivity contribution < 1.29 is 19.7 Å². The number of hydrogen-bond acceptors (Lipinski definition) is 5. The van der Waals surface area contributed by atoms with Crippen molar-refractivity contribution in [2.45, 2.75) is 63.8 Å². The van der Waals surface area contributed by atoms with Crippen molar-refractivity contribution in [1.82, 2.24) is 4.90 Å². The van der Waals surface area contributed by atoms with Crippen molar-refractivity contribution in [3.05, 3.63) is 46.5 Å². The number of piperidine rings is 1. The second-order valence-corrected chi connectivity index (χ2v) is 11.1. The molecule has 1 aromatic rings. The third-order valence-electron chi connectivity index (χ3n) is 9.09. The monoisotopic (exact) mass is 459 g/mol. The zero-order valence-corrected chi connectivity index (χ0v) is 19.7. The smallest absolute Gasteiger partial charge is 0.311 e. The number of ether oxygens (including phenoxy) is 1. The quantitative estimate of drug-likeness (QED) is 0.529. The van der Waals surface area contributed by atoms with E-state index in [0.717, 1.165) is 24.8 Å². The van der Waals surface area contributed by atoms with Crippen LogP contribution in [0.2, 0.25) is 5.02 Å². The molecule has 0 spiro atoms. The van der Waals surface area contributed by atoms with Crippen LogP contribution in [0.4, 0.5) is 0 Å². The molecule has 32 heavy (non-hydrogen) atoms. The van der Waals surface area contributed by atoms with Gasteiger partial charge in [0.15, 0.2) is 0 Å². The van der Waals surface area contributed by atoms with Crippen LogP contribution in [-0.4, -0.2) is 52.9 Å². The van der Waals surface area contributed by atoms with Gasteiger partial charge in [0.2, 0.25) is 0 Å². The van der Waals surface area contributed by atoms with Gasteiger partial charge in [-0.2, -0.15) is 0 Å². The number of hydrogen-bond donors (Lipinski definition) is 2. The Hall–Kier alpha value is -1.40. The number of rotatable bonds is 3. The number of allylic oxidation sites excluding steroid dienone is 1. The Morgan fingerprint density at radius 1 is 1.22 bits per heavy atom. The van der Waals surface area contributed by atoms with Crippen LogP contribution in [0.15, 0.2) is 35.9 Å². The minimum Gasteiger partial charge on any atom is -0.461 e. The maximum absolute atomic E-state index is 12.9. The average molecular weight is 460 g/mol. The first-order valence-corrected chi connectivity index (χ1v) is 12.4. The largest absolute Gasteiger partial charge is 0.461 e. The topological polar surface area (TPSA) is 70.0 Å². The molecule has 5 nitrogen and oxygen atoms in total. The molecular formula is C26H34ClNO4. The Labute approximate surface area is 195 Å². The summed E-state index contributed by atoms with van der Waals surface area (Å²) in [6, 6.07) is 7.42. The zero-order valence-electron chi connectivity index (χ0n) is 19.0. The lowest BCUT2D eigenvalue weighted by Gasteiger charge is -2.52. The Morgan fingerprint density at radius 2 is 1.91 bits per heavy atom. The van der Waals surface area contributed by atoms with E-state index in [2.05, 4.69) is 24.8 Å². The molecule has 0 radical (unpaired) electrons. The van der Waals surface area contributed by atoms with E-state index in [4.69, 9.17) is 16.3 Å². The standard InChI is InChI=1S/C26H34ClNO4/c1-16-4-3-5-18-14-21-22(23(29)25(16,18)2)20(24(30)32-21)15-28-12-10-26(31,11-13-28)17-6-8-19(27)9-7-17/h5-9,16,20-23,29,31H,3-4,10-15H2,1-2H3/t16-,20-,21-,22-,23-,25-/m1/s1. The number of esters is 1. The normalized spacial score (nSPS) is 39.1. The maximum Gasteiger partial charge on any atom is 0.311 e. The molecule has 174 valence electrons. The summed E-state index contributed by atoms with van der Waals surface area (Å²) in [6.45, 7) is 6.39. The van der Waals surface area contributed by atoms with Crippen LogP contribution in [-0.2, 0) is 15.1 Å². The first-order valence-electron chi connectivity index (χ1n) is 12.0. The third-order valence-corrected chi connectivity index (χ3v) is 9.34. The fraction of sp³-hybridized carbons (Fsp3) is 0.654. The highest BCUT2D eigenvalue weighted by Crippen LogP contribution is 2.56. The number of benzene rings is 1. The summed E-state index contributed by atoms with van der Waals surface area (Å²) in [5, 5.41) is 23.4. The summed E-state index contributed by atoms with van der Waals surface area (Å²) in [4.78, 5) is 15.1. The van der Waals surface area contributed by atoms with Crippen LogP contribution in [0.25, 0.3) is 0 Å². The Morgan fingerprint density at radius 3 is 2.59 bits per heavy atom. The van der Waals surface area contributed by atoms with Crippen molar-refractivity contribution in [1.29, 1.82) is 0 Å². The predicted molar refractivity (Wildman–Crippen MR) is 123 cm³/mol. The first-order chi connectivity index (χ1) is 15.2. The molecule has 1 saturated carbocycles. The fourth-order valence-corrected chi connectivity index (χ4v) is 6.83. The van der Waals surface area contributed by atoms with Crippen LogP contribution in [0, 0.1) is 23.2 Å². The lowest BCUT2D eigenvalue weighted by molar-refractivity contribution is -0.145. The maximum atomic E-state index is 12.9. The predicted octanol–water partition coefficient (Wildman–Crippen LogP) is 3.91. The number of likely N-dealkylation sites (tertiary alicyclic amines) is 1.